The molecule has 1 atom stereocenters. The number of nitrogens with zero attached hydrogens (tertiary/aromatic N) is 2. The maximum atomic E-state index is 14.6. The van der Waals surface area contributed by atoms with E-state index in [0.29, 0.717) is 25.1 Å². The zero-order valence-electron chi connectivity index (χ0n) is 15.2. The molecule has 27 heavy (non-hydrogen) atoms. The van der Waals surface area contributed by atoms with Crippen molar-refractivity contribution in [3.63, 3.8) is 0 Å². The minimum absolute atomic E-state index is 0.0200. The maximum absolute atomic E-state index is 14.6. The number of nitrogens with two attached hydrogens (primary N) is 1. The summed E-state index contributed by atoms with van der Waals surface area (Å²) in [5.41, 5.74) is 6.00. The van der Waals surface area contributed by atoms with Gasteiger partial charge < -0.3 is 16.0 Å². The zero-order valence-corrected chi connectivity index (χ0v) is 15.2. The van der Waals surface area contributed by atoms with Crippen LogP contribution in [0.1, 0.15) is 40.0 Å². The number of piperidine rings is 1. The molecule has 1 amide bonds. The maximum Gasteiger partial charge on any atom is 0.252 e. The average Bonchev–Trinajstić information content (AvgIpc) is 2.68. The zero-order chi connectivity index (χ0) is 19.4. The Bertz CT molecular complexity index is 841. The molecular formula is C20H23FN4O2. The highest BCUT2D eigenvalue weighted by atomic mass is 19.1. The van der Waals surface area contributed by atoms with Gasteiger partial charge in [0, 0.05) is 32.1 Å². The third kappa shape index (κ3) is 4.24. The van der Waals surface area contributed by atoms with Gasteiger partial charge in [-0.1, -0.05) is 30.3 Å². The molecule has 1 aliphatic rings. The molecule has 3 rings (SSSR count). The van der Waals surface area contributed by atoms with Gasteiger partial charge >= 0.3 is 0 Å². The number of Topliss-reactive ketones (excluding diaryl/α,β-unsaturated/α-hetero) is 1. The molecule has 1 saturated heterocycles. The lowest BCUT2D eigenvalue weighted by Gasteiger charge is -2.33. The van der Waals surface area contributed by atoms with Crippen molar-refractivity contribution in [1.29, 1.82) is 0 Å². The Kier molecular flexibility index (Phi) is 5.69. The normalized spacial score (nSPS) is 16.8. The highest BCUT2D eigenvalue weighted by molar-refractivity contribution is 5.98. The first-order chi connectivity index (χ1) is 13.0. The molecule has 0 unspecified atom stereocenters. The summed E-state index contributed by atoms with van der Waals surface area (Å²) in [7, 11) is 1.61. The molecule has 1 aliphatic heterocycles. The molecule has 0 aliphatic carbocycles. The Morgan fingerprint density at radius 2 is 2.07 bits per heavy atom. The Hall–Kier alpha value is -2.96. The van der Waals surface area contributed by atoms with E-state index >= 15 is 0 Å². The van der Waals surface area contributed by atoms with E-state index in [1.807, 2.05) is 35.2 Å². The highest BCUT2D eigenvalue weighted by Crippen LogP contribution is 2.29. The lowest BCUT2D eigenvalue weighted by atomic mass is 9.91. The predicted octanol–water partition coefficient (Wildman–Crippen LogP) is 2.85. The molecule has 7 heteroatoms. The molecule has 1 fully saturated rings. The number of nitrogens with one attached hydrogen (secondary N) is 1. The van der Waals surface area contributed by atoms with E-state index in [1.165, 1.54) is 0 Å². The number of hydrogen-bond acceptors (Lipinski definition) is 5. The van der Waals surface area contributed by atoms with Crippen LogP contribution in [-0.2, 0) is 0 Å². The summed E-state index contributed by atoms with van der Waals surface area (Å²) in [5.74, 6) is -0.667. The molecule has 0 radical (unpaired) electrons. The average molecular weight is 370 g/mol. The van der Waals surface area contributed by atoms with E-state index in [1.54, 1.807) is 7.05 Å². The van der Waals surface area contributed by atoms with Gasteiger partial charge in [-0.05, 0) is 24.8 Å². The van der Waals surface area contributed by atoms with Crippen LogP contribution in [0.5, 0.6) is 0 Å². The monoisotopic (exact) mass is 370 g/mol. The Morgan fingerprint density at radius 3 is 2.74 bits per heavy atom. The fourth-order valence-corrected chi connectivity index (χ4v) is 3.51. The summed E-state index contributed by atoms with van der Waals surface area (Å²) >= 11 is 0. The van der Waals surface area contributed by atoms with Crippen LogP contribution in [0.2, 0.25) is 0 Å². The Labute approximate surface area is 157 Å². The summed E-state index contributed by atoms with van der Waals surface area (Å²) in [4.78, 5) is 30.0. The van der Waals surface area contributed by atoms with Crippen LogP contribution in [0.3, 0.4) is 0 Å². The second-order valence-electron chi connectivity index (χ2n) is 6.75. The number of amides is 1. The first kappa shape index (κ1) is 18.8. The standard InChI is InChI=1S/C20H23FN4O2/c1-23-19-15(18(22)27)11-16(21)20(24-19)25-9-5-6-13(12-25)10-17(26)14-7-3-2-4-8-14/h2-4,7-8,11,13H,5-6,9-10,12H2,1H3,(H2,22,27)(H,23,24)/t13-/m0/s1. The third-order valence-corrected chi connectivity index (χ3v) is 4.85. The van der Waals surface area contributed by atoms with Crippen LogP contribution in [-0.4, -0.2) is 36.8 Å². The second-order valence-corrected chi connectivity index (χ2v) is 6.75. The smallest absolute Gasteiger partial charge is 0.252 e. The number of primary amides is 1. The van der Waals surface area contributed by atoms with Gasteiger partial charge in [-0.25, -0.2) is 9.37 Å². The van der Waals surface area contributed by atoms with Gasteiger partial charge in [-0.3, -0.25) is 9.59 Å². The SMILES string of the molecule is CNc1nc(N2CCC[C@@H](CC(=O)c3ccccc3)C2)c(F)cc1C(N)=O. The number of anilines is 2. The van der Waals surface area contributed by atoms with E-state index in [9.17, 15) is 14.0 Å². The minimum atomic E-state index is -0.734. The summed E-state index contributed by atoms with van der Waals surface area (Å²) in [6, 6.07) is 10.3. The van der Waals surface area contributed by atoms with E-state index in [4.69, 9.17) is 5.73 Å². The van der Waals surface area contributed by atoms with Gasteiger partial charge in [0.25, 0.3) is 5.91 Å². The molecule has 142 valence electrons. The fourth-order valence-electron chi connectivity index (χ4n) is 3.51. The molecular weight excluding hydrogens is 347 g/mol. The van der Waals surface area contributed by atoms with E-state index in [0.717, 1.165) is 18.9 Å². The molecule has 3 N–H and O–H groups in total. The van der Waals surface area contributed by atoms with E-state index in [-0.39, 0.29) is 28.9 Å². The van der Waals surface area contributed by atoms with Crippen LogP contribution in [0.25, 0.3) is 0 Å². The Balaban J connectivity index is 1.76. The molecule has 1 aromatic heterocycles. The molecule has 0 bridgehead atoms. The van der Waals surface area contributed by atoms with Crippen molar-refractivity contribution in [3.8, 4) is 0 Å². The van der Waals surface area contributed by atoms with Gasteiger partial charge in [-0.2, -0.15) is 0 Å². The molecule has 0 spiro atoms. The van der Waals surface area contributed by atoms with Gasteiger partial charge in [0.05, 0.1) is 5.56 Å². The topological polar surface area (TPSA) is 88.3 Å². The lowest BCUT2D eigenvalue weighted by Crippen LogP contribution is -2.37. The van der Waals surface area contributed by atoms with Gasteiger partial charge in [0.1, 0.15) is 5.82 Å². The van der Waals surface area contributed by atoms with Crippen LogP contribution >= 0.6 is 0 Å². The molecule has 1 aromatic carbocycles. The first-order valence-corrected chi connectivity index (χ1v) is 9.01. The lowest BCUT2D eigenvalue weighted by molar-refractivity contribution is 0.0955. The van der Waals surface area contributed by atoms with Crippen molar-refractivity contribution in [2.75, 3.05) is 30.4 Å². The van der Waals surface area contributed by atoms with Crippen LogP contribution in [0.4, 0.5) is 16.0 Å². The van der Waals surface area contributed by atoms with Gasteiger partial charge in [0.15, 0.2) is 17.4 Å². The van der Waals surface area contributed by atoms with Crippen molar-refractivity contribution in [2.24, 2.45) is 11.7 Å². The van der Waals surface area contributed by atoms with Crippen molar-refractivity contribution in [3.05, 3.63) is 53.3 Å². The number of ketones is 1. The number of halogens is 1. The second kappa shape index (κ2) is 8.16. The van der Waals surface area contributed by atoms with Crippen LogP contribution < -0.4 is 16.0 Å². The van der Waals surface area contributed by atoms with Crippen molar-refractivity contribution in [1.82, 2.24) is 4.98 Å². The number of rotatable bonds is 6. The first-order valence-electron chi connectivity index (χ1n) is 9.01. The van der Waals surface area contributed by atoms with Crippen molar-refractivity contribution >= 4 is 23.3 Å². The summed E-state index contributed by atoms with van der Waals surface area (Å²) in [6.07, 6.45) is 2.18. The number of carbonyl (C=O) groups is 2. The van der Waals surface area contributed by atoms with Crippen molar-refractivity contribution in [2.45, 2.75) is 19.3 Å². The van der Waals surface area contributed by atoms with Gasteiger partial charge in [0.2, 0.25) is 0 Å². The summed E-state index contributed by atoms with van der Waals surface area (Å²) in [5, 5.41) is 2.79. The molecule has 6 nitrogen and oxygen atoms in total. The predicted molar refractivity (Wildman–Crippen MR) is 103 cm³/mol. The molecule has 2 aromatic rings. The number of aromatic nitrogens is 1. The van der Waals surface area contributed by atoms with Crippen LogP contribution in [0.15, 0.2) is 36.4 Å². The number of carbonyl (C=O) groups excluding carboxylic acids is 2. The molecule has 2 heterocycles. The number of pyridine rings is 1. The fraction of sp³-hybridized carbons (Fsp3) is 0.350. The highest BCUT2D eigenvalue weighted by Gasteiger charge is 2.26. The molecule has 0 saturated carbocycles. The number of benzene rings is 1. The number of hydrogen-bond donors (Lipinski definition) is 2. The van der Waals surface area contributed by atoms with Gasteiger partial charge in [-0.15, -0.1) is 0 Å². The Morgan fingerprint density at radius 1 is 1.33 bits per heavy atom. The quantitative estimate of drug-likeness (QED) is 0.764. The minimum Gasteiger partial charge on any atom is -0.372 e. The third-order valence-electron chi connectivity index (χ3n) is 4.85. The largest absolute Gasteiger partial charge is 0.372 e. The van der Waals surface area contributed by atoms with Crippen molar-refractivity contribution < 1.29 is 14.0 Å². The van der Waals surface area contributed by atoms with Crippen LogP contribution in [0, 0.1) is 11.7 Å². The van der Waals surface area contributed by atoms with E-state index in [2.05, 4.69) is 10.3 Å². The van der Waals surface area contributed by atoms with E-state index < -0.39 is 11.7 Å². The summed E-state index contributed by atoms with van der Waals surface area (Å²) < 4.78 is 14.6. The summed E-state index contributed by atoms with van der Waals surface area (Å²) in [6.45, 7) is 1.20.